The second-order valence-corrected chi connectivity index (χ2v) is 5.66. The average Bonchev–Trinajstić information content (AvgIpc) is 3.14. The van der Waals surface area contributed by atoms with Gasteiger partial charge in [-0.1, -0.05) is 13.8 Å². The van der Waals surface area contributed by atoms with Gasteiger partial charge < -0.3 is 19.8 Å². The van der Waals surface area contributed by atoms with Crippen LogP contribution in [0, 0.1) is 5.92 Å². The van der Waals surface area contributed by atoms with Crippen LogP contribution < -0.4 is 10.6 Å². The van der Waals surface area contributed by atoms with E-state index >= 15 is 0 Å². The van der Waals surface area contributed by atoms with Crippen LogP contribution in [0.1, 0.15) is 19.7 Å². The normalized spacial score (nSPS) is 11.4. The van der Waals surface area contributed by atoms with Gasteiger partial charge in [-0.05, 0) is 18.1 Å². The van der Waals surface area contributed by atoms with Crippen molar-refractivity contribution in [1.82, 2.24) is 24.8 Å². The molecule has 2 aromatic heterocycles. The van der Waals surface area contributed by atoms with E-state index in [9.17, 15) is 0 Å². The van der Waals surface area contributed by atoms with E-state index < -0.39 is 0 Å². The Bertz CT molecular complexity index is 573. The molecule has 2 aromatic rings. The summed E-state index contributed by atoms with van der Waals surface area (Å²) in [5.41, 5.74) is 0. The van der Waals surface area contributed by atoms with Gasteiger partial charge in [0.25, 0.3) is 0 Å². The summed E-state index contributed by atoms with van der Waals surface area (Å²) in [5, 5.41) is 6.62. The topological polar surface area (TPSA) is 59.2 Å². The van der Waals surface area contributed by atoms with Crippen molar-refractivity contribution in [3.8, 4) is 0 Å². The summed E-state index contributed by atoms with van der Waals surface area (Å²) in [6.45, 7) is 7.81. The third-order valence-electron chi connectivity index (χ3n) is 3.33. The molecule has 2 heterocycles. The fourth-order valence-electron chi connectivity index (χ4n) is 2.27. The minimum absolute atomic E-state index is 0. The summed E-state index contributed by atoms with van der Waals surface area (Å²) in [6, 6.07) is 4.06. The molecule has 0 unspecified atom stereocenters. The number of aromatic nitrogens is 3. The van der Waals surface area contributed by atoms with Crippen LogP contribution in [0.25, 0.3) is 0 Å². The first-order chi connectivity index (χ1) is 10.7. The molecule has 6 nitrogen and oxygen atoms in total. The lowest BCUT2D eigenvalue weighted by Crippen LogP contribution is -2.38. The van der Waals surface area contributed by atoms with Crippen molar-refractivity contribution in [2.24, 2.45) is 10.9 Å². The Kier molecular flexibility index (Phi) is 8.75. The van der Waals surface area contributed by atoms with Gasteiger partial charge in [-0.3, -0.25) is 4.99 Å². The number of hydrogen-bond donors (Lipinski definition) is 2. The average molecular weight is 430 g/mol. The fourth-order valence-corrected chi connectivity index (χ4v) is 2.27. The minimum Gasteiger partial charge on any atom is -0.355 e. The molecule has 0 aromatic carbocycles. The smallest absolute Gasteiger partial charge is 0.191 e. The second kappa shape index (κ2) is 10.3. The second-order valence-electron chi connectivity index (χ2n) is 5.66. The molecule has 23 heavy (non-hydrogen) atoms. The summed E-state index contributed by atoms with van der Waals surface area (Å²) in [5.74, 6) is 2.43. The van der Waals surface area contributed by atoms with Gasteiger partial charge >= 0.3 is 0 Å². The van der Waals surface area contributed by atoms with Crippen molar-refractivity contribution >= 4 is 29.9 Å². The number of hydrogen-bond acceptors (Lipinski definition) is 2. The first-order valence-corrected chi connectivity index (χ1v) is 7.74. The molecule has 0 radical (unpaired) electrons. The number of nitrogens with zero attached hydrogens (tertiary/aromatic N) is 4. The predicted molar refractivity (Wildman–Crippen MR) is 105 cm³/mol. The van der Waals surface area contributed by atoms with Gasteiger partial charge in [0, 0.05) is 51.5 Å². The molecule has 0 aliphatic rings. The van der Waals surface area contributed by atoms with Gasteiger partial charge in [0.05, 0.1) is 6.54 Å². The van der Waals surface area contributed by atoms with Gasteiger partial charge in [0.2, 0.25) is 0 Å². The fraction of sp³-hybridized carbons (Fsp3) is 0.500. The van der Waals surface area contributed by atoms with E-state index in [1.54, 1.807) is 7.05 Å². The number of guanidine groups is 1. The highest BCUT2D eigenvalue weighted by molar-refractivity contribution is 14.0. The molecule has 0 atom stereocenters. The quantitative estimate of drug-likeness (QED) is 0.403. The highest BCUT2D eigenvalue weighted by Crippen LogP contribution is 2.03. The summed E-state index contributed by atoms with van der Waals surface area (Å²) < 4.78 is 4.32. The van der Waals surface area contributed by atoms with E-state index in [1.807, 2.05) is 24.5 Å². The molecule has 0 aliphatic carbocycles. The van der Waals surface area contributed by atoms with E-state index in [2.05, 4.69) is 56.0 Å². The Balaban J connectivity index is 0.00000264. The molecule has 2 rings (SSSR count). The summed E-state index contributed by atoms with van der Waals surface area (Å²) in [7, 11) is 1.78. The molecule has 0 amide bonds. The molecule has 7 heteroatoms. The molecule has 128 valence electrons. The highest BCUT2D eigenvalue weighted by atomic mass is 127. The van der Waals surface area contributed by atoms with E-state index in [4.69, 9.17) is 0 Å². The first kappa shape index (κ1) is 19.5. The van der Waals surface area contributed by atoms with Crippen LogP contribution in [0.15, 0.2) is 41.9 Å². The van der Waals surface area contributed by atoms with Crippen molar-refractivity contribution < 1.29 is 0 Å². The van der Waals surface area contributed by atoms with Crippen LogP contribution in [0.3, 0.4) is 0 Å². The summed E-state index contributed by atoms with van der Waals surface area (Å²) >= 11 is 0. The van der Waals surface area contributed by atoms with Crippen molar-refractivity contribution in [1.29, 1.82) is 0 Å². The number of halogens is 1. The molecule has 2 N–H and O–H groups in total. The first-order valence-electron chi connectivity index (χ1n) is 7.74. The Morgan fingerprint density at radius 3 is 2.61 bits per heavy atom. The lowest BCUT2D eigenvalue weighted by Gasteiger charge is -2.14. The Morgan fingerprint density at radius 2 is 1.96 bits per heavy atom. The monoisotopic (exact) mass is 430 g/mol. The van der Waals surface area contributed by atoms with Crippen LogP contribution in [0.2, 0.25) is 0 Å². The summed E-state index contributed by atoms with van der Waals surface area (Å²) in [6.07, 6.45) is 7.99. The number of rotatable bonds is 7. The van der Waals surface area contributed by atoms with Crippen molar-refractivity contribution in [3.63, 3.8) is 0 Å². The molecule has 0 spiro atoms. The molecule has 0 aliphatic heterocycles. The van der Waals surface area contributed by atoms with Crippen molar-refractivity contribution in [2.45, 2.75) is 33.5 Å². The molecular weight excluding hydrogens is 403 g/mol. The molecule has 0 bridgehead atoms. The largest absolute Gasteiger partial charge is 0.355 e. The van der Waals surface area contributed by atoms with E-state index in [0.717, 1.165) is 31.4 Å². The van der Waals surface area contributed by atoms with Crippen molar-refractivity contribution in [2.75, 3.05) is 13.6 Å². The third-order valence-corrected chi connectivity index (χ3v) is 3.33. The number of nitrogens with one attached hydrogen (secondary N) is 2. The Hall–Kier alpha value is -1.51. The van der Waals surface area contributed by atoms with Gasteiger partial charge in [0.15, 0.2) is 5.96 Å². The van der Waals surface area contributed by atoms with Crippen molar-refractivity contribution in [3.05, 3.63) is 42.7 Å². The van der Waals surface area contributed by atoms with Gasteiger partial charge in [-0.15, -0.1) is 24.0 Å². The molecular formula is C16H27IN6. The Morgan fingerprint density at radius 1 is 1.22 bits per heavy atom. The summed E-state index contributed by atoms with van der Waals surface area (Å²) in [4.78, 5) is 8.66. The maximum Gasteiger partial charge on any atom is 0.191 e. The number of aliphatic imine (C=N–C) groups is 1. The van der Waals surface area contributed by atoms with E-state index in [-0.39, 0.29) is 24.0 Å². The zero-order valence-corrected chi connectivity index (χ0v) is 16.4. The predicted octanol–water partition coefficient (Wildman–Crippen LogP) is 2.32. The number of imidazole rings is 1. The zero-order chi connectivity index (χ0) is 15.8. The van der Waals surface area contributed by atoms with Crippen LogP contribution in [0.4, 0.5) is 0 Å². The third kappa shape index (κ3) is 6.64. The standard InChI is InChI=1S/C16H26N6.HI/c1-14(2)13-22-11-7-18-15(22)12-20-16(17-3)19-6-10-21-8-4-5-9-21;/h4-5,7-9,11,14H,6,10,12-13H2,1-3H3,(H2,17,19,20);1H. The van der Waals surface area contributed by atoms with Gasteiger partial charge in [-0.25, -0.2) is 4.98 Å². The highest BCUT2D eigenvalue weighted by Gasteiger charge is 2.05. The van der Waals surface area contributed by atoms with Crippen LogP contribution in [-0.2, 0) is 19.6 Å². The molecule has 0 saturated heterocycles. The van der Waals surface area contributed by atoms with Crippen LogP contribution in [-0.4, -0.2) is 33.7 Å². The maximum absolute atomic E-state index is 4.41. The lowest BCUT2D eigenvalue weighted by atomic mass is 10.2. The SMILES string of the molecule is CN=C(NCCn1cccc1)NCc1nccn1CC(C)C.I. The minimum atomic E-state index is 0. The maximum atomic E-state index is 4.41. The Labute approximate surface area is 155 Å². The van der Waals surface area contributed by atoms with Crippen LogP contribution >= 0.6 is 24.0 Å². The van der Waals surface area contributed by atoms with Gasteiger partial charge in [0.1, 0.15) is 5.82 Å². The molecule has 0 fully saturated rings. The zero-order valence-electron chi connectivity index (χ0n) is 14.1. The lowest BCUT2D eigenvalue weighted by molar-refractivity contribution is 0.503. The van der Waals surface area contributed by atoms with Crippen LogP contribution in [0.5, 0.6) is 0 Å². The van der Waals surface area contributed by atoms with E-state index in [0.29, 0.717) is 12.5 Å². The van der Waals surface area contributed by atoms with Gasteiger partial charge in [-0.2, -0.15) is 0 Å². The van der Waals surface area contributed by atoms with E-state index in [1.165, 1.54) is 0 Å². The molecule has 0 saturated carbocycles.